The van der Waals surface area contributed by atoms with Gasteiger partial charge in [-0.15, -0.1) is 0 Å². The van der Waals surface area contributed by atoms with E-state index in [2.05, 4.69) is 15.3 Å². The maximum atomic E-state index is 13.8. The summed E-state index contributed by atoms with van der Waals surface area (Å²) in [7, 11) is 0. The first-order valence-corrected chi connectivity index (χ1v) is 7.62. The Labute approximate surface area is 156 Å². The highest BCUT2D eigenvalue weighted by atomic mass is 19.4. The molecule has 2 N–H and O–H groups in total. The Kier molecular flexibility index (Phi) is 5.27. The van der Waals surface area contributed by atoms with Crippen LogP contribution in [0.25, 0.3) is 11.3 Å². The van der Waals surface area contributed by atoms with Crippen molar-refractivity contribution in [3.63, 3.8) is 0 Å². The van der Waals surface area contributed by atoms with Crippen LogP contribution in [0.4, 0.5) is 40.8 Å². The molecule has 0 spiro atoms. The fourth-order valence-electron chi connectivity index (χ4n) is 2.39. The van der Waals surface area contributed by atoms with Gasteiger partial charge in [0.25, 0.3) is 0 Å². The van der Waals surface area contributed by atoms with E-state index in [-0.39, 0.29) is 5.56 Å². The summed E-state index contributed by atoms with van der Waals surface area (Å²) in [6, 6.07) is 5.11. The first-order chi connectivity index (χ1) is 13.6. The topological polar surface area (TPSA) is 53.1 Å². The molecule has 0 aliphatic rings. The van der Waals surface area contributed by atoms with Crippen LogP contribution in [0.1, 0.15) is 11.1 Å². The molecule has 0 bridgehead atoms. The number of nitrogens with one attached hydrogen (secondary N) is 2. The van der Waals surface area contributed by atoms with Crippen molar-refractivity contribution in [1.82, 2.24) is 10.2 Å². The normalized spacial score (nSPS) is 12.0. The molecule has 0 aliphatic heterocycles. The molecule has 0 unspecified atom stereocenters. The van der Waals surface area contributed by atoms with Gasteiger partial charge in [0.2, 0.25) is 0 Å². The molecule has 29 heavy (non-hydrogen) atoms. The molecule has 1 aromatic heterocycles. The molecule has 0 fully saturated rings. The third-order valence-corrected chi connectivity index (χ3v) is 3.73. The Hall–Kier alpha value is -3.44. The van der Waals surface area contributed by atoms with Gasteiger partial charge in [0, 0.05) is 11.1 Å². The van der Waals surface area contributed by atoms with Crippen molar-refractivity contribution >= 4 is 11.9 Å². The molecular weight excluding hydrogens is 412 g/mol. The fraction of sp³-hybridized carbons (Fsp3) is 0.0588. The number of aromatic nitrogens is 2. The molecule has 12 heteroatoms. The number of H-pyrrole nitrogens is 1. The zero-order chi connectivity index (χ0) is 21.3. The Bertz CT molecular complexity index is 1040. The lowest BCUT2D eigenvalue weighted by atomic mass is 10.1. The molecule has 0 saturated carbocycles. The maximum absolute atomic E-state index is 13.8. The van der Waals surface area contributed by atoms with Crippen molar-refractivity contribution in [2.75, 3.05) is 5.43 Å². The van der Waals surface area contributed by atoms with Crippen molar-refractivity contribution in [2.45, 2.75) is 6.18 Å². The molecule has 4 nitrogen and oxygen atoms in total. The average Bonchev–Trinajstić information content (AvgIpc) is 3.11. The van der Waals surface area contributed by atoms with Crippen LogP contribution in [0, 0.1) is 29.1 Å². The highest BCUT2D eigenvalue weighted by Crippen LogP contribution is 2.38. The Morgan fingerprint density at radius 1 is 0.897 bits per heavy atom. The highest BCUT2D eigenvalue weighted by molar-refractivity contribution is 5.88. The number of aromatic amines is 1. The Morgan fingerprint density at radius 3 is 2.03 bits per heavy atom. The monoisotopic (exact) mass is 420 g/mol. The minimum atomic E-state index is -5.64. The number of hydrazone groups is 1. The van der Waals surface area contributed by atoms with E-state index in [0.29, 0.717) is 11.3 Å². The van der Waals surface area contributed by atoms with E-state index in [1.165, 1.54) is 18.3 Å². The summed E-state index contributed by atoms with van der Waals surface area (Å²) >= 11 is 0. The lowest BCUT2D eigenvalue weighted by molar-refractivity contribution is -0.143. The summed E-state index contributed by atoms with van der Waals surface area (Å²) in [5, 5.41) is 9.67. The van der Waals surface area contributed by atoms with E-state index in [1.807, 2.05) is 0 Å². The molecule has 1 heterocycles. The fourth-order valence-corrected chi connectivity index (χ4v) is 2.39. The van der Waals surface area contributed by atoms with Crippen molar-refractivity contribution in [3.8, 4) is 11.3 Å². The second-order valence-corrected chi connectivity index (χ2v) is 5.58. The van der Waals surface area contributed by atoms with Crippen LogP contribution in [0.3, 0.4) is 0 Å². The molecule has 3 rings (SSSR count). The van der Waals surface area contributed by atoms with Crippen LogP contribution in [-0.2, 0) is 6.18 Å². The molecule has 0 radical (unpaired) electrons. The number of alkyl halides is 3. The minimum absolute atomic E-state index is 0.220. The largest absolute Gasteiger partial charge is 0.422 e. The number of hydrogen-bond donors (Lipinski definition) is 2. The summed E-state index contributed by atoms with van der Waals surface area (Å²) < 4.78 is 105. The second kappa shape index (κ2) is 7.53. The Balaban J connectivity index is 1.91. The van der Waals surface area contributed by atoms with E-state index in [1.54, 1.807) is 5.43 Å². The van der Waals surface area contributed by atoms with Crippen LogP contribution < -0.4 is 5.43 Å². The molecule has 2 aromatic carbocycles. The van der Waals surface area contributed by atoms with E-state index < -0.39 is 46.5 Å². The van der Waals surface area contributed by atoms with Crippen LogP contribution in [-0.4, -0.2) is 16.4 Å². The van der Waals surface area contributed by atoms with Gasteiger partial charge in [-0.2, -0.15) is 23.4 Å². The molecule has 0 aliphatic carbocycles. The zero-order valence-electron chi connectivity index (χ0n) is 13.9. The summed E-state index contributed by atoms with van der Waals surface area (Å²) in [6.45, 7) is 0. The van der Waals surface area contributed by atoms with E-state index in [9.17, 15) is 35.1 Å². The highest BCUT2D eigenvalue weighted by Gasteiger charge is 2.42. The summed E-state index contributed by atoms with van der Waals surface area (Å²) in [5.41, 5.74) is -1.58. The van der Waals surface area contributed by atoms with Gasteiger partial charge in [0.1, 0.15) is 17.1 Å². The summed E-state index contributed by atoms with van der Waals surface area (Å²) in [4.78, 5) is 0. The lowest BCUT2D eigenvalue weighted by Gasteiger charge is -2.13. The van der Waals surface area contributed by atoms with Gasteiger partial charge in [-0.3, -0.25) is 10.5 Å². The molecule has 0 atom stereocenters. The van der Waals surface area contributed by atoms with Crippen molar-refractivity contribution in [1.29, 1.82) is 0 Å². The molecule has 0 amide bonds. The average molecular weight is 420 g/mol. The number of hydrogen-bond acceptors (Lipinski definition) is 3. The minimum Gasteiger partial charge on any atom is -0.277 e. The van der Waals surface area contributed by atoms with Gasteiger partial charge < -0.3 is 0 Å². The lowest BCUT2D eigenvalue weighted by Crippen LogP contribution is -2.16. The van der Waals surface area contributed by atoms with E-state index in [0.717, 1.165) is 18.3 Å². The van der Waals surface area contributed by atoms with E-state index in [4.69, 9.17) is 0 Å². The molecule has 152 valence electrons. The number of anilines is 1. The number of benzene rings is 2. The maximum Gasteiger partial charge on any atom is 0.422 e. The van der Waals surface area contributed by atoms with Gasteiger partial charge in [-0.1, -0.05) is 0 Å². The third-order valence-electron chi connectivity index (χ3n) is 3.73. The predicted molar refractivity (Wildman–Crippen MR) is 86.5 cm³/mol. The third kappa shape index (κ3) is 3.91. The van der Waals surface area contributed by atoms with Gasteiger partial charge >= 0.3 is 6.18 Å². The van der Waals surface area contributed by atoms with Gasteiger partial charge in [-0.25, -0.2) is 22.0 Å². The first-order valence-electron chi connectivity index (χ1n) is 7.62. The van der Waals surface area contributed by atoms with Crippen molar-refractivity contribution in [3.05, 3.63) is 70.7 Å². The first kappa shape index (κ1) is 20.3. The predicted octanol–water partition coefficient (Wildman–Crippen LogP) is 5.24. The molecule has 0 saturated heterocycles. The van der Waals surface area contributed by atoms with Crippen molar-refractivity contribution < 1.29 is 35.1 Å². The second-order valence-electron chi connectivity index (χ2n) is 5.58. The quantitative estimate of drug-likeness (QED) is 0.263. The SMILES string of the molecule is Fc1ccc(-c2[nH]ncc2/C=N/Nc2c(F)c(F)c(C(F)(F)F)c(F)c2F)cc1. The molecular formula is C17H8F8N4. The number of nitrogens with zero attached hydrogens (tertiary/aromatic N) is 2. The summed E-state index contributed by atoms with van der Waals surface area (Å²) in [6.07, 6.45) is -3.47. The van der Waals surface area contributed by atoms with Gasteiger partial charge in [0.15, 0.2) is 23.3 Å². The van der Waals surface area contributed by atoms with Crippen LogP contribution in [0.15, 0.2) is 35.6 Å². The van der Waals surface area contributed by atoms with Crippen LogP contribution in [0.2, 0.25) is 0 Å². The van der Waals surface area contributed by atoms with Crippen LogP contribution >= 0.6 is 0 Å². The summed E-state index contributed by atoms with van der Waals surface area (Å²) in [5.74, 6) is -10.3. The zero-order valence-corrected chi connectivity index (χ0v) is 13.9. The van der Waals surface area contributed by atoms with Crippen LogP contribution in [0.5, 0.6) is 0 Å². The van der Waals surface area contributed by atoms with Gasteiger partial charge in [-0.05, 0) is 24.3 Å². The Morgan fingerprint density at radius 2 is 1.48 bits per heavy atom. The van der Waals surface area contributed by atoms with E-state index >= 15 is 0 Å². The van der Waals surface area contributed by atoms with Crippen molar-refractivity contribution in [2.24, 2.45) is 5.10 Å². The standard InChI is InChI=1S/C17H8F8N4/c18-9-3-1-7(2-4-9)15-8(5-26-28-15)6-27-29-16-13(21)11(19)10(17(23,24)25)12(20)14(16)22/h1-6,29H,(H,26,28)/b27-6+. The van der Waals surface area contributed by atoms with Gasteiger partial charge in [0.05, 0.1) is 18.1 Å². The molecule has 3 aromatic rings. The number of halogens is 8. The smallest absolute Gasteiger partial charge is 0.277 e. The number of rotatable bonds is 4.